The van der Waals surface area contributed by atoms with Crippen LogP contribution in [-0.4, -0.2) is 43.9 Å². The first-order valence-electron chi connectivity index (χ1n) is 10.1. The summed E-state index contributed by atoms with van der Waals surface area (Å²) < 4.78 is 0. The fraction of sp³-hybridized carbons (Fsp3) is 0.500. The highest BCUT2D eigenvalue weighted by atomic mass is 16.3. The molecule has 0 saturated carbocycles. The number of phenols is 1. The largest absolute Gasteiger partial charge is 0.508 e. The molecule has 1 saturated heterocycles. The minimum Gasteiger partial charge on any atom is -0.508 e. The van der Waals surface area contributed by atoms with Crippen molar-refractivity contribution >= 4 is 5.91 Å². The van der Waals surface area contributed by atoms with Gasteiger partial charge in [0.25, 0.3) is 0 Å². The van der Waals surface area contributed by atoms with E-state index in [1.165, 1.54) is 0 Å². The zero-order chi connectivity index (χ0) is 19.7. The number of hydrogen-bond acceptors (Lipinski definition) is 5. The number of phenolic OH excluding ortho intramolecular Hbond substituents is 1. The van der Waals surface area contributed by atoms with Crippen LogP contribution in [0.4, 0.5) is 0 Å². The molecule has 0 unspecified atom stereocenters. The number of nitrogens with zero attached hydrogens (tertiary/aromatic N) is 4. The van der Waals surface area contributed by atoms with Crippen LogP contribution in [0.2, 0.25) is 0 Å². The molecule has 1 amide bonds. The van der Waals surface area contributed by atoms with E-state index in [9.17, 15) is 9.90 Å². The lowest BCUT2D eigenvalue weighted by molar-refractivity contribution is -0.132. The van der Waals surface area contributed by atoms with Crippen molar-refractivity contribution in [3.63, 3.8) is 0 Å². The Hall–Kier alpha value is -2.47. The fourth-order valence-corrected chi connectivity index (χ4v) is 4.34. The zero-order valence-corrected chi connectivity index (χ0v) is 16.7. The predicted molar refractivity (Wildman–Crippen MR) is 107 cm³/mol. The summed E-state index contributed by atoms with van der Waals surface area (Å²) in [6.45, 7) is 6.88. The minimum absolute atomic E-state index is 0.0128. The van der Waals surface area contributed by atoms with Gasteiger partial charge in [-0.15, -0.1) is 0 Å². The molecule has 1 fully saturated rings. The molecule has 1 aromatic heterocycles. The lowest BCUT2D eigenvalue weighted by Gasteiger charge is -2.35. The van der Waals surface area contributed by atoms with Crippen molar-refractivity contribution in [3.8, 4) is 5.75 Å². The van der Waals surface area contributed by atoms with Gasteiger partial charge in [-0.1, -0.05) is 17.7 Å². The Morgan fingerprint density at radius 3 is 2.96 bits per heavy atom. The second-order valence-corrected chi connectivity index (χ2v) is 8.02. The summed E-state index contributed by atoms with van der Waals surface area (Å²) in [4.78, 5) is 25.7. The maximum Gasteiger partial charge on any atom is 0.220 e. The van der Waals surface area contributed by atoms with Crippen molar-refractivity contribution in [3.05, 3.63) is 52.6 Å². The van der Waals surface area contributed by atoms with Gasteiger partial charge in [0.2, 0.25) is 5.91 Å². The number of aromatic hydroxyl groups is 1. The average molecular weight is 380 g/mol. The Bertz CT molecular complexity index is 883. The standard InChI is InChI=1S/C22H28N4O2/c1-15-6-7-21(28)17(11-15)13-25-10-8-19-18(14-25)12-23-22(24-19)20-5-3-4-9-26(20)16(2)27/h6-7,11-12,20,28H,3-5,8-10,13-14H2,1-2H3/t20-/m1/s1. The van der Waals surface area contributed by atoms with Crippen LogP contribution in [0.1, 0.15) is 60.4 Å². The second kappa shape index (κ2) is 7.87. The van der Waals surface area contributed by atoms with E-state index in [2.05, 4.69) is 9.88 Å². The first-order valence-corrected chi connectivity index (χ1v) is 10.1. The summed E-state index contributed by atoms with van der Waals surface area (Å²) in [7, 11) is 0. The number of likely N-dealkylation sites (tertiary alicyclic amines) is 1. The van der Waals surface area contributed by atoms with Crippen LogP contribution in [0.3, 0.4) is 0 Å². The van der Waals surface area contributed by atoms with Crippen LogP contribution in [0.25, 0.3) is 0 Å². The lowest BCUT2D eigenvalue weighted by Crippen LogP contribution is -2.38. The predicted octanol–water partition coefficient (Wildman–Crippen LogP) is 3.12. The highest BCUT2D eigenvalue weighted by Crippen LogP contribution is 2.30. The molecular formula is C22H28N4O2. The van der Waals surface area contributed by atoms with Crippen molar-refractivity contribution in [2.45, 2.75) is 58.7 Å². The first-order chi connectivity index (χ1) is 13.5. The average Bonchev–Trinajstić information content (AvgIpc) is 2.70. The Kier molecular flexibility index (Phi) is 5.31. The third kappa shape index (κ3) is 3.87. The summed E-state index contributed by atoms with van der Waals surface area (Å²) in [5.74, 6) is 1.25. The molecule has 3 heterocycles. The first kappa shape index (κ1) is 18.9. The Morgan fingerprint density at radius 2 is 2.14 bits per heavy atom. The molecule has 148 valence electrons. The monoisotopic (exact) mass is 380 g/mol. The Balaban J connectivity index is 1.50. The van der Waals surface area contributed by atoms with Crippen LogP contribution in [0.15, 0.2) is 24.4 Å². The number of hydrogen-bond donors (Lipinski definition) is 1. The van der Waals surface area contributed by atoms with Crippen molar-refractivity contribution < 1.29 is 9.90 Å². The van der Waals surface area contributed by atoms with Crippen LogP contribution >= 0.6 is 0 Å². The number of rotatable bonds is 3. The van der Waals surface area contributed by atoms with Gasteiger partial charge in [-0.25, -0.2) is 9.97 Å². The molecule has 28 heavy (non-hydrogen) atoms. The second-order valence-electron chi connectivity index (χ2n) is 8.02. The van der Waals surface area contributed by atoms with Gasteiger partial charge in [-0.2, -0.15) is 0 Å². The Morgan fingerprint density at radius 1 is 1.29 bits per heavy atom. The third-order valence-electron chi connectivity index (χ3n) is 5.87. The van der Waals surface area contributed by atoms with Gasteiger partial charge in [-0.05, 0) is 32.3 Å². The molecule has 0 spiro atoms. The minimum atomic E-state index is 0.0128. The molecule has 4 rings (SSSR count). The van der Waals surface area contributed by atoms with Gasteiger partial charge in [0.05, 0.1) is 6.04 Å². The fourth-order valence-electron chi connectivity index (χ4n) is 4.34. The van der Waals surface area contributed by atoms with E-state index in [1.807, 2.05) is 30.2 Å². The number of fused-ring (bicyclic) bond motifs is 1. The summed E-state index contributed by atoms with van der Waals surface area (Å²) in [6.07, 6.45) is 5.92. The van der Waals surface area contributed by atoms with Crippen molar-refractivity contribution in [1.82, 2.24) is 19.8 Å². The number of piperidine rings is 1. The number of amides is 1. The molecule has 1 atom stereocenters. The van der Waals surface area contributed by atoms with E-state index in [1.54, 1.807) is 13.0 Å². The summed E-state index contributed by atoms with van der Waals surface area (Å²) >= 11 is 0. The van der Waals surface area contributed by atoms with Gasteiger partial charge >= 0.3 is 0 Å². The molecule has 0 aliphatic carbocycles. The molecule has 2 aromatic rings. The molecule has 0 bridgehead atoms. The van der Waals surface area contributed by atoms with E-state index >= 15 is 0 Å². The van der Waals surface area contributed by atoms with Crippen LogP contribution in [-0.2, 0) is 24.3 Å². The van der Waals surface area contributed by atoms with Gasteiger partial charge in [-0.3, -0.25) is 9.69 Å². The van der Waals surface area contributed by atoms with Gasteiger partial charge in [0.15, 0.2) is 5.82 Å². The summed E-state index contributed by atoms with van der Waals surface area (Å²) in [5.41, 5.74) is 4.36. The summed E-state index contributed by atoms with van der Waals surface area (Å²) in [6, 6.07) is 5.75. The van der Waals surface area contributed by atoms with Crippen molar-refractivity contribution in [2.75, 3.05) is 13.1 Å². The number of carbonyl (C=O) groups is 1. The number of aromatic nitrogens is 2. The van der Waals surface area contributed by atoms with Crippen LogP contribution < -0.4 is 0 Å². The molecule has 2 aliphatic heterocycles. The van der Waals surface area contributed by atoms with E-state index in [0.717, 1.165) is 80.1 Å². The normalized spacial score (nSPS) is 20.1. The van der Waals surface area contributed by atoms with Crippen LogP contribution in [0.5, 0.6) is 5.75 Å². The molecule has 1 N–H and O–H groups in total. The SMILES string of the molecule is CC(=O)N1CCCC[C@@H]1c1ncc2c(n1)CCN(Cc1cc(C)ccc1O)C2. The highest BCUT2D eigenvalue weighted by molar-refractivity contribution is 5.73. The van der Waals surface area contributed by atoms with E-state index < -0.39 is 0 Å². The van der Waals surface area contributed by atoms with Gasteiger partial charge in [0, 0.05) is 62.5 Å². The quantitative estimate of drug-likeness (QED) is 0.886. The van der Waals surface area contributed by atoms with E-state index in [-0.39, 0.29) is 11.9 Å². The topological polar surface area (TPSA) is 69.6 Å². The molecular weight excluding hydrogens is 352 g/mol. The lowest BCUT2D eigenvalue weighted by atomic mass is 10.00. The number of aryl methyl sites for hydroxylation is 1. The molecule has 6 nitrogen and oxygen atoms in total. The summed E-state index contributed by atoms with van der Waals surface area (Å²) in [5, 5.41) is 10.1. The van der Waals surface area contributed by atoms with Gasteiger partial charge in [0.1, 0.15) is 5.75 Å². The van der Waals surface area contributed by atoms with Gasteiger partial charge < -0.3 is 10.0 Å². The zero-order valence-electron chi connectivity index (χ0n) is 16.7. The maximum atomic E-state index is 12.0. The van der Waals surface area contributed by atoms with Crippen molar-refractivity contribution in [2.24, 2.45) is 0 Å². The number of carbonyl (C=O) groups excluding carboxylic acids is 1. The molecule has 1 aromatic carbocycles. The third-order valence-corrected chi connectivity index (χ3v) is 5.87. The van der Waals surface area contributed by atoms with E-state index in [4.69, 9.17) is 4.98 Å². The smallest absolute Gasteiger partial charge is 0.220 e. The highest BCUT2D eigenvalue weighted by Gasteiger charge is 2.29. The molecule has 6 heteroatoms. The Labute approximate surface area is 166 Å². The van der Waals surface area contributed by atoms with E-state index in [0.29, 0.717) is 5.75 Å². The molecule has 2 aliphatic rings. The van der Waals surface area contributed by atoms with Crippen molar-refractivity contribution in [1.29, 1.82) is 0 Å². The van der Waals surface area contributed by atoms with Crippen LogP contribution in [0, 0.1) is 6.92 Å². The maximum absolute atomic E-state index is 12.0. The number of benzene rings is 1. The molecule has 0 radical (unpaired) electrons.